The number of benzene rings is 6. The molecule has 0 aliphatic carbocycles. The molecule has 14 rings (SSSR count). The molecule has 6 aromatic heterocycles. The molecule has 0 saturated carbocycles. The average Bonchev–Trinajstić information content (AvgIpc) is 1.59. The molecule has 2 aliphatic rings. The third kappa shape index (κ3) is 15.1. The Hall–Kier alpha value is -14.4. The van der Waals surface area contributed by atoms with Crippen molar-refractivity contribution in [3.8, 4) is 64.1 Å². The van der Waals surface area contributed by atoms with Crippen LogP contribution in [0.5, 0.6) is 11.5 Å². The largest absolute Gasteiger partial charge is 0.457 e. The van der Waals surface area contributed by atoms with E-state index < -0.39 is 0 Å². The molecule has 8 N–H and O–H groups in total. The van der Waals surface area contributed by atoms with Crippen LogP contribution < -0.4 is 49.6 Å². The Morgan fingerprint density at radius 1 is 0.491 bits per heavy atom. The molecule has 532 valence electrons. The van der Waals surface area contributed by atoms with Crippen molar-refractivity contribution in [3.05, 3.63) is 225 Å². The van der Waals surface area contributed by atoms with Gasteiger partial charge < -0.3 is 47.3 Å². The summed E-state index contributed by atoms with van der Waals surface area (Å²) in [5, 5.41) is 5.70. The summed E-state index contributed by atoms with van der Waals surface area (Å²) in [5.41, 5.74) is 24.8. The van der Waals surface area contributed by atoms with Crippen LogP contribution in [0.1, 0.15) is 72.0 Å². The third-order valence-electron chi connectivity index (χ3n) is 17.6. The Kier molecular flexibility index (Phi) is 21.3. The summed E-state index contributed by atoms with van der Waals surface area (Å²) in [6, 6.07) is 45.9. The molecule has 0 radical (unpaired) electrons. The molecule has 5 amide bonds. The van der Waals surface area contributed by atoms with E-state index in [1.165, 1.54) is 42.2 Å². The van der Waals surface area contributed by atoms with Crippen LogP contribution in [0.3, 0.4) is 0 Å². The maximum atomic E-state index is 13.7. The minimum Gasteiger partial charge on any atom is -0.457 e. The zero-order chi connectivity index (χ0) is 74.7. The van der Waals surface area contributed by atoms with E-state index in [1.54, 1.807) is 144 Å². The maximum absolute atomic E-state index is 13.7. The predicted octanol–water partition coefficient (Wildman–Crippen LogP) is 7.17. The molecule has 29 nitrogen and oxygen atoms in total. The Bertz CT molecular complexity index is 5740. The van der Waals surface area contributed by atoms with Gasteiger partial charge in [-0.2, -0.15) is 0 Å². The molecule has 2 atom stereocenters. The second kappa shape index (κ2) is 31.6. The number of hydrogen-bond donors (Lipinski definition) is 5. The number of carbonyl (C=O) groups is 5. The Labute approximate surface area is 605 Å². The fourth-order valence-corrected chi connectivity index (χ4v) is 12.4. The summed E-state index contributed by atoms with van der Waals surface area (Å²) in [6.07, 6.45) is 5.12. The monoisotopic (exact) mass is 1420 g/mol. The Balaban J connectivity index is 0.000000149. The molecule has 8 heterocycles. The number of aryl methyl sites for hydroxylation is 1. The quantitative estimate of drug-likeness (QED) is 0.0673. The summed E-state index contributed by atoms with van der Waals surface area (Å²) in [5.74, 6) is 15.9. The summed E-state index contributed by atoms with van der Waals surface area (Å²) < 4.78 is 14.8. The lowest BCUT2D eigenvalue weighted by molar-refractivity contribution is -0.125. The Morgan fingerprint density at radius 3 is 1.36 bits per heavy atom. The zero-order valence-electron chi connectivity index (χ0n) is 58.2. The number of hydrogen-bond acceptors (Lipinski definition) is 18. The van der Waals surface area contributed by atoms with Gasteiger partial charge >= 0.3 is 17.1 Å². The van der Waals surface area contributed by atoms with E-state index in [1.807, 2.05) is 67.6 Å². The first-order valence-electron chi connectivity index (χ1n) is 33.4. The number of carbonyl (C=O) groups excluding carboxylic acids is 5. The average molecular weight is 1420 g/mol. The normalized spacial score (nSPS) is 13.5. The lowest BCUT2D eigenvalue weighted by Crippen LogP contribution is -2.32. The first-order chi connectivity index (χ1) is 51.3. The molecular formula is C77H70N20O9. The number of likely N-dealkylation sites (tertiary alicyclic amines) is 2. The SMILES string of the molecule is CC#CC(=O)N(C)CCn1c(=O)n(-c2ccc(Oc3ccccc3)cc2)c2c(N)ncnc21.CC#CC(=O)N1CC[C@@H](n2c(=O)n(-c3ccc(C(=O)Nc4ccccc4)cc3)c3c(N)ncnc32)C1.CC#CC(=O)N1CC[C@@H](n2c(=O)n(-c3ccc(NC(=O)c4ccc(C)cc4)cc3)c3c(N)ncnc32)C1. The minimum absolute atomic E-state index is 0.157. The molecule has 2 aliphatic heterocycles. The highest BCUT2D eigenvalue weighted by Crippen LogP contribution is 2.31. The standard InChI is InChI=1S/C27H25N7O3.C26H23N7O3.C24H22N6O3/c1-3-4-22(35)32-14-13-21(15-32)34-25-23(24(28)29-16-30-25)33(27(34)37)20-11-9-19(10-12-20)31-26(36)18-7-5-17(2)6-8-18;1-2-6-21(34)31-14-13-20(15-31)33-24-22(23(27)28-16-29-24)32(26(33)36)19-11-9-17(10-12-19)25(35)30-18-7-4-3-5-8-18;1-3-7-20(31)28(2)14-15-29-23-21(22(25)26-16-27-23)30(24(29)32)17-10-12-19(13-11-17)33-18-8-5-4-6-9-18/h5-12,16,21H,13-15H2,1-2H3,(H,31,36)(H2,28,29,30);3-5,7-12,16,20H,13-15H2,1H3,(H,30,35)(H2,27,28,29);4-6,8-13,16H,14-15H2,1-2H3,(H2,25,26,27)/t21-;20-;/m11./s1. The van der Waals surface area contributed by atoms with Gasteiger partial charge in [0.05, 0.1) is 29.1 Å². The van der Waals surface area contributed by atoms with Gasteiger partial charge in [0.15, 0.2) is 34.4 Å². The van der Waals surface area contributed by atoms with Crippen LogP contribution >= 0.6 is 0 Å². The van der Waals surface area contributed by atoms with Gasteiger partial charge in [-0.25, -0.2) is 44.3 Å². The van der Waals surface area contributed by atoms with Crippen molar-refractivity contribution in [3.63, 3.8) is 0 Å². The highest BCUT2D eigenvalue weighted by atomic mass is 16.5. The molecule has 0 bridgehead atoms. The van der Waals surface area contributed by atoms with Gasteiger partial charge in [0.2, 0.25) is 0 Å². The van der Waals surface area contributed by atoms with E-state index in [0.717, 1.165) is 5.56 Å². The molecular weight excluding hydrogens is 1350 g/mol. The lowest BCUT2D eigenvalue weighted by atomic mass is 10.1. The number of nitrogens with zero attached hydrogens (tertiary/aromatic N) is 15. The summed E-state index contributed by atoms with van der Waals surface area (Å²) in [7, 11) is 1.63. The number of nitrogen functional groups attached to an aromatic ring is 3. The van der Waals surface area contributed by atoms with E-state index in [0.29, 0.717) is 124 Å². The summed E-state index contributed by atoms with van der Waals surface area (Å²) in [6.45, 7) is 8.95. The highest BCUT2D eigenvalue weighted by Gasteiger charge is 2.34. The summed E-state index contributed by atoms with van der Waals surface area (Å²) >= 11 is 0. The smallest absolute Gasteiger partial charge is 0.335 e. The van der Waals surface area contributed by atoms with Gasteiger partial charge in [0.1, 0.15) is 47.0 Å². The van der Waals surface area contributed by atoms with Crippen LogP contribution in [-0.2, 0) is 20.9 Å². The van der Waals surface area contributed by atoms with Gasteiger partial charge in [-0.05, 0) is 167 Å². The Morgan fingerprint density at radius 2 is 0.887 bits per heavy atom. The van der Waals surface area contributed by atoms with Crippen molar-refractivity contribution >= 4 is 91.9 Å². The number of amides is 5. The first-order valence-corrected chi connectivity index (χ1v) is 33.4. The van der Waals surface area contributed by atoms with E-state index in [9.17, 15) is 38.4 Å². The second-order valence-electron chi connectivity index (χ2n) is 24.4. The van der Waals surface area contributed by atoms with E-state index >= 15 is 0 Å². The maximum Gasteiger partial charge on any atom is 0.335 e. The van der Waals surface area contributed by atoms with Gasteiger partial charge in [-0.15, -0.1) is 0 Å². The molecule has 0 spiro atoms. The van der Waals surface area contributed by atoms with Gasteiger partial charge in [-0.1, -0.05) is 71.9 Å². The van der Waals surface area contributed by atoms with Crippen molar-refractivity contribution < 1.29 is 28.7 Å². The number of anilines is 5. The number of para-hydroxylation sites is 2. The van der Waals surface area contributed by atoms with Gasteiger partial charge in [-0.3, -0.25) is 51.4 Å². The second-order valence-corrected chi connectivity index (χ2v) is 24.4. The number of nitrogens with one attached hydrogen (secondary N) is 2. The number of rotatable bonds is 14. The van der Waals surface area contributed by atoms with Crippen LogP contribution in [0.4, 0.5) is 28.8 Å². The molecule has 2 saturated heterocycles. The third-order valence-corrected chi connectivity index (χ3v) is 17.6. The van der Waals surface area contributed by atoms with Gasteiger partial charge in [0.25, 0.3) is 29.5 Å². The molecule has 106 heavy (non-hydrogen) atoms. The molecule has 0 unspecified atom stereocenters. The van der Waals surface area contributed by atoms with Crippen LogP contribution in [0.15, 0.2) is 191 Å². The number of fused-ring (bicyclic) bond motifs is 3. The highest BCUT2D eigenvalue weighted by molar-refractivity contribution is 6.05. The first kappa shape index (κ1) is 71.4. The van der Waals surface area contributed by atoms with Crippen LogP contribution in [-0.4, -0.2) is 141 Å². The zero-order valence-corrected chi connectivity index (χ0v) is 58.2. The van der Waals surface area contributed by atoms with Crippen molar-refractivity contribution in [2.24, 2.45) is 0 Å². The van der Waals surface area contributed by atoms with E-state index in [4.69, 9.17) is 21.9 Å². The molecule has 6 aromatic carbocycles. The van der Waals surface area contributed by atoms with Crippen LogP contribution in [0.2, 0.25) is 0 Å². The predicted molar refractivity (Wildman–Crippen MR) is 401 cm³/mol. The number of ether oxygens (including phenoxy) is 1. The van der Waals surface area contributed by atoms with Crippen molar-refractivity contribution in [2.45, 2.75) is 59.2 Å². The minimum atomic E-state index is -0.348. The number of imidazole rings is 3. The van der Waals surface area contributed by atoms with Gasteiger partial charge in [0, 0.05) is 68.8 Å². The number of aromatic nitrogens is 12. The van der Waals surface area contributed by atoms with Crippen LogP contribution in [0, 0.1) is 42.4 Å². The molecule has 2 fully saturated rings. The van der Waals surface area contributed by atoms with E-state index in [-0.39, 0.29) is 89.2 Å². The van der Waals surface area contributed by atoms with Crippen LogP contribution in [0.25, 0.3) is 50.6 Å². The lowest BCUT2D eigenvalue weighted by Gasteiger charge is -2.14. The topological polar surface area (TPSA) is 365 Å². The molecule has 12 aromatic rings. The summed E-state index contributed by atoms with van der Waals surface area (Å²) in [4.78, 5) is 132. The van der Waals surface area contributed by atoms with Crippen molar-refractivity contribution in [1.82, 2.24) is 72.0 Å². The molecule has 29 heteroatoms. The number of likely N-dealkylation sites (N-methyl/N-ethyl adjacent to an activating group) is 1. The van der Waals surface area contributed by atoms with E-state index in [2.05, 4.69) is 76.1 Å². The fourth-order valence-electron chi connectivity index (χ4n) is 12.4. The van der Waals surface area contributed by atoms with Crippen molar-refractivity contribution in [1.29, 1.82) is 0 Å². The van der Waals surface area contributed by atoms with Crippen molar-refractivity contribution in [2.75, 3.05) is 67.6 Å². The number of nitrogens with two attached hydrogens (primary N) is 3. The fraction of sp³-hybridized carbons (Fsp3) is 0.195.